The minimum absolute atomic E-state index is 0.201. The Morgan fingerprint density at radius 2 is 1.90 bits per heavy atom. The first-order chi connectivity index (χ1) is 9.65. The highest BCUT2D eigenvalue weighted by Gasteiger charge is 2.42. The molecule has 1 N–H and O–H groups in total. The molecule has 3 rings (SSSR count). The monoisotopic (exact) mass is 273 g/mol. The van der Waals surface area contributed by atoms with Gasteiger partial charge in [-0.3, -0.25) is 4.79 Å². The molecule has 2 saturated heterocycles. The second-order valence-electron chi connectivity index (χ2n) is 6.24. The van der Waals surface area contributed by atoms with Crippen LogP contribution in [0.5, 0.6) is 0 Å². The number of carbonyl (C=O) groups is 1. The van der Waals surface area contributed by atoms with E-state index >= 15 is 0 Å². The lowest BCUT2D eigenvalue weighted by Gasteiger charge is -2.37. The third-order valence-electron chi connectivity index (χ3n) is 4.87. The van der Waals surface area contributed by atoms with Crippen LogP contribution in [0.15, 0.2) is 24.3 Å². The molecule has 0 radical (unpaired) electrons. The predicted octanol–water partition coefficient (Wildman–Crippen LogP) is 2.44. The van der Waals surface area contributed by atoms with E-state index in [-0.39, 0.29) is 24.1 Å². The summed E-state index contributed by atoms with van der Waals surface area (Å²) in [7, 11) is 0. The number of rotatable bonds is 3. The third kappa shape index (κ3) is 2.59. The molecule has 0 aromatic heterocycles. The fraction of sp³-hybridized carbons (Fsp3) is 0.588. The molecular formula is C17H23NO2. The number of aryl methyl sites for hydroxylation is 2. The highest BCUT2D eigenvalue weighted by Crippen LogP contribution is 2.36. The van der Waals surface area contributed by atoms with Crippen molar-refractivity contribution >= 4 is 5.91 Å². The summed E-state index contributed by atoms with van der Waals surface area (Å²) in [6.45, 7) is 2.10. The molecule has 2 fully saturated rings. The van der Waals surface area contributed by atoms with Crippen LogP contribution >= 0.6 is 0 Å². The average molecular weight is 273 g/mol. The van der Waals surface area contributed by atoms with Gasteiger partial charge in [-0.25, -0.2) is 0 Å². The van der Waals surface area contributed by atoms with Crippen LogP contribution in [0.25, 0.3) is 0 Å². The number of aliphatic hydroxyl groups excluding tert-OH is 1. The molecular weight excluding hydrogens is 250 g/mol. The zero-order valence-electron chi connectivity index (χ0n) is 12.1. The molecule has 0 spiro atoms. The number of hydrogen-bond donors (Lipinski definition) is 1. The van der Waals surface area contributed by atoms with Crippen molar-refractivity contribution in [3.05, 3.63) is 35.4 Å². The van der Waals surface area contributed by atoms with Crippen LogP contribution in [0.4, 0.5) is 0 Å². The zero-order valence-corrected chi connectivity index (χ0v) is 12.1. The number of amides is 1. The molecule has 3 nitrogen and oxygen atoms in total. The van der Waals surface area contributed by atoms with Crippen LogP contribution in [-0.4, -0.2) is 34.1 Å². The SMILES string of the molecule is Cc1ccccc1CCC(=O)N1C2CCC1CC(O)C2. The number of nitrogens with zero attached hydrogens (tertiary/aromatic N) is 1. The van der Waals surface area contributed by atoms with Gasteiger partial charge in [0.25, 0.3) is 0 Å². The van der Waals surface area contributed by atoms with Gasteiger partial charge in [0.2, 0.25) is 5.91 Å². The van der Waals surface area contributed by atoms with Crippen molar-refractivity contribution in [3.63, 3.8) is 0 Å². The second-order valence-corrected chi connectivity index (χ2v) is 6.24. The van der Waals surface area contributed by atoms with Crippen molar-refractivity contribution in [3.8, 4) is 0 Å². The first-order valence-electron chi connectivity index (χ1n) is 7.69. The predicted molar refractivity (Wildman–Crippen MR) is 78.4 cm³/mol. The van der Waals surface area contributed by atoms with Gasteiger partial charge in [0, 0.05) is 18.5 Å². The Labute approximate surface area is 120 Å². The summed E-state index contributed by atoms with van der Waals surface area (Å²) in [6.07, 6.45) is 4.89. The Morgan fingerprint density at radius 1 is 1.25 bits per heavy atom. The molecule has 2 bridgehead atoms. The van der Waals surface area contributed by atoms with Crippen molar-refractivity contribution in [2.45, 2.75) is 63.6 Å². The zero-order chi connectivity index (χ0) is 14.1. The third-order valence-corrected chi connectivity index (χ3v) is 4.87. The number of fused-ring (bicyclic) bond motifs is 2. The van der Waals surface area contributed by atoms with Crippen LogP contribution in [0, 0.1) is 6.92 Å². The van der Waals surface area contributed by atoms with Crippen LogP contribution < -0.4 is 0 Å². The molecule has 0 saturated carbocycles. The summed E-state index contributed by atoms with van der Waals surface area (Å²) in [5.41, 5.74) is 2.53. The molecule has 20 heavy (non-hydrogen) atoms. The molecule has 108 valence electrons. The van der Waals surface area contributed by atoms with Gasteiger partial charge in [0.15, 0.2) is 0 Å². The topological polar surface area (TPSA) is 40.5 Å². The van der Waals surface area contributed by atoms with E-state index in [1.165, 1.54) is 11.1 Å². The summed E-state index contributed by atoms with van der Waals surface area (Å²) < 4.78 is 0. The van der Waals surface area contributed by atoms with Gasteiger partial charge < -0.3 is 10.0 Å². The van der Waals surface area contributed by atoms with Gasteiger partial charge in [-0.2, -0.15) is 0 Å². The summed E-state index contributed by atoms with van der Waals surface area (Å²) in [6, 6.07) is 8.85. The molecule has 0 aliphatic carbocycles. The molecule has 1 aromatic rings. The van der Waals surface area contributed by atoms with Crippen molar-refractivity contribution in [1.82, 2.24) is 4.90 Å². The maximum absolute atomic E-state index is 12.5. The van der Waals surface area contributed by atoms with Crippen molar-refractivity contribution < 1.29 is 9.90 Å². The normalized spacial score (nSPS) is 28.7. The molecule has 2 atom stereocenters. The maximum atomic E-state index is 12.5. The minimum Gasteiger partial charge on any atom is -0.393 e. The van der Waals surface area contributed by atoms with Gasteiger partial charge in [-0.15, -0.1) is 0 Å². The fourth-order valence-corrected chi connectivity index (χ4v) is 3.82. The highest BCUT2D eigenvalue weighted by molar-refractivity contribution is 5.77. The Hall–Kier alpha value is -1.35. The minimum atomic E-state index is -0.201. The van der Waals surface area contributed by atoms with Crippen LogP contribution in [0.3, 0.4) is 0 Å². The standard InChI is InChI=1S/C17H23NO2/c1-12-4-2-3-5-13(12)6-9-17(20)18-14-7-8-15(18)11-16(19)10-14/h2-5,14-16,19H,6-11H2,1H3. The van der Waals surface area contributed by atoms with E-state index in [0.717, 1.165) is 32.1 Å². The number of hydrogen-bond acceptors (Lipinski definition) is 2. The number of piperidine rings is 1. The molecule has 2 aliphatic rings. The maximum Gasteiger partial charge on any atom is 0.223 e. The molecule has 1 amide bonds. The van der Waals surface area contributed by atoms with E-state index in [2.05, 4.69) is 24.0 Å². The lowest BCUT2D eigenvalue weighted by atomic mass is 9.98. The molecule has 2 aliphatic heterocycles. The summed E-state index contributed by atoms with van der Waals surface area (Å²) in [4.78, 5) is 14.6. The van der Waals surface area contributed by atoms with Gasteiger partial charge in [-0.1, -0.05) is 24.3 Å². The first-order valence-corrected chi connectivity index (χ1v) is 7.69. The Kier molecular flexibility index (Phi) is 3.79. The molecule has 1 aromatic carbocycles. The number of carbonyl (C=O) groups excluding carboxylic acids is 1. The lowest BCUT2D eigenvalue weighted by Crippen LogP contribution is -2.48. The first kappa shape index (κ1) is 13.6. The van der Waals surface area contributed by atoms with E-state index in [1.807, 2.05) is 12.1 Å². The van der Waals surface area contributed by atoms with Crippen molar-refractivity contribution in [2.75, 3.05) is 0 Å². The van der Waals surface area contributed by atoms with Crippen molar-refractivity contribution in [1.29, 1.82) is 0 Å². The van der Waals surface area contributed by atoms with E-state index in [1.54, 1.807) is 0 Å². The molecule has 2 heterocycles. The smallest absolute Gasteiger partial charge is 0.223 e. The largest absolute Gasteiger partial charge is 0.393 e. The summed E-state index contributed by atoms with van der Waals surface area (Å²) in [5.74, 6) is 0.271. The number of aliphatic hydroxyl groups is 1. The Bertz CT molecular complexity index is 486. The van der Waals surface area contributed by atoms with Gasteiger partial charge in [0.05, 0.1) is 6.10 Å². The van der Waals surface area contributed by atoms with Crippen LogP contribution in [-0.2, 0) is 11.2 Å². The Balaban J connectivity index is 1.62. The van der Waals surface area contributed by atoms with Gasteiger partial charge >= 0.3 is 0 Å². The summed E-state index contributed by atoms with van der Waals surface area (Å²) in [5, 5.41) is 9.80. The van der Waals surface area contributed by atoms with Gasteiger partial charge in [-0.05, 0) is 50.2 Å². The van der Waals surface area contributed by atoms with Crippen LogP contribution in [0.2, 0.25) is 0 Å². The van der Waals surface area contributed by atoms with E-state index in [9.17, 15) is 9.90 Å². The Morgan fingerprint density at radius 3 is 2.55 bits per heavy atom. The van der Waals surface area contributed by atoms with Crippen molar-refractivity contribution in [2.24, 2.45) is 0 Å². The van der Waals surface area contributed by atoms with E-state index in [0.29, 0.717) is 6.42 Å². The van der Waals surface area contributed by atoms with Crippen LogP contribution in [0.1, 0.15) is 43.2 Å². The summed E-state index contributed by atoms with van der Waals surface area (Å²) >= 11 is 0. The quantitative estimate of drug-likeness (QED) is 0.919. The fourth-order valence-electron chi connectivity index (χ4n) is 3.82. The highest BCUT2D eigenvalue weighted by atomic mass is 16.3. The number of benzene rings is 1. The van der Waals surface area contributed by atoms with E-state index in [4.69, 9.17) is 0 Å². The molecule has 3 heteroatoms. The molecule has 2 unspecified atom stereocenters. The average Bonchev–Trinajstić information content (AvgIpc) is 2.70. The second kappa shape index (κ2) is 5.57. The lowest BCUT2D eigenvalue weighted by molar-refractivity contribution is -0.137. The van der Waals surface area contributed by atoms with Gasteiger partial charge in [0.1, 0.15) is 0 Å². The van der Waals surface area contributed by atoms with E-state index < -0.39 is 0 Å².